The van der Waals surface area contributed by atoms with Gasteiger partial charge in [0.1, 0.15) is 5.82 Å². The van der Waals surface area contributed by atoms with E-state index < -0.39 is 11.9 Å². The lowest BCUT2D eigenvalue weighted by Crippen LogP contribution is -2.07. The third-order valence-electron chi connectivity index (χ3n) is 1.94. The van der Waals surface area contributed by atoms with Gasteiger partial charge in [-0.25, -0.2) is 4.39 Å². The van der Waals surface area contributed by atoms with Gasteiger partial charge in [0.2, 0.25) is 5.82 Å². The molecule has 1 atom stereocenters. The second-order valence-electron chi connectivity index (χ2n) is 2.94. The highest BCUT2D eigenvalue weighted by Crippen LogP contribution is 2.22. The number of nitrogens with zero attached hydrogens (tertiary/aromatic N) is 3. The summed E-state index contributed by atoms with van der Waals surface area (Å²) < 4.78 is 17.8. The van der Waals surface area contributed by atoms with Gasteiger partial charge in [-0.05, 0) is 12.1 Å². The molecule has 0 aliphatic carbocycles. The van der Waals surface area contributed by atoms with E-state index in [4.69, 9.17) is 4.74 Å². The molecule has 0 fully saturated rings. The smallest absolute Gasteiger partial charge is 0.294 e. The molecule has 0 spiro atoms. The fourth-order valence-corrected chi connectivity index (χ4v) is 1.29. The number of hydrogen-bond donors (Lipinski definition) is 1. The molecule has 2 rings (SSSR count). The molecule has 1 aromatic carbocycles. The maximum atomic E-state index is 13.0. The topological polar surface area (TPSA) is 80.8 Å². The van der Waals surface area contributed by atoms with Crippen LogP contribution in [0.2, 0.25) is 0 Å². The zero-order valence-corrected chi connectivity index (χ0v) is 8.00. The molecular weight excluding hydrogens is 215 g/mol. The van der Waals surface area contributed by atoms with Crippen molar-refractivity contribution in [3.05, 3.63) is 41.5 Å². The Balaban J connectivity index is 2.36. The van der Waals surface area contributed by atoms with Crippen molar-refractivity contribution in [3.8, 4) is 0 Å². The quantitative estimate of drug-likeness (QED) is 0.766. The highest BCUT2D eigenvalue weighted by atomic mass is 19.1. The average Bonchev–Trinajstić information content (AvgIpc) is 2.79. The molecule has 0 saturated carbocycles. The summed E-state index contributed by atoms with van der Waals surface area (Å²) in [5, 5.41) is 13.0. The molecule has 1 unspecified atom stereocenters. The molecule has 0 bridgehead atoms. The number of aromatic nitrogens is 4. The van der Waals surface area contributed by atoms with E-state index in [1.54, 1.807) is 6.07 Å². The lowest BCUT2D eigenvalue weighted by atomic mass is 10.1. The first-order valence-corrected chi connectivity index (χ1v) is 4.39. The number of halogens is 1. The first-order valence-electron chi connectivity index (χ1n) is 4.39. The molecule has 0 saturated heterocycles. The van der Waals surface area contributed by atoms with Crippen molar-refractivity contribution in [3.63, 3.8) is 0 Å². The molecule has 0 aliphatic rings. The lowest BCUT2D eigenvalue weighted by molar-refractivity contribution is -0.132. The molecule has 7 heteroatoms. The Bertz CT molecular complexity index is 474. The van der Waals surface area contributed by atoms with Gasteiger partial charge in [-0.15, -0.1) is 10.2 Å². The van der Waals surface area contributed by atoms with Crippen LogP contribution in [0.4, 0.5) is 4.39 Å². The van der Waals surface area contributed by atoms with Crippen molar-refractivity contribution in [2.45, 2.75) is 6.10 Å². The van der Waals surface area contributed by atoms with Gasteiger partial charge in [0.15, 0.2) is 6.10 Å². The van der Waals surface area contributed by atoms with Crippen LogP contribution in [0, 0.1) is 5.82 Å². The zero-order chi connectivity index (χ0) is 11.4. The predicted molar refractivity (Wildman–Crippen MR) is 49.6 cm³/mol. The van der Waals surface area contributed by atoms with Crippen molar-refractivity contribution < 1.29 is 13.9 Å². The van der Waals surface area contributed by atoms with Crippen LogP contribution in [0.3, 0.4) is 0 Å². The molecule has 0 radical (unpaired) electrons. The SMILES string of the molecule is O=COC(c1cccc(F)c1)c1nn[nH]n1. The molecule has 16 heavy (non-hydrogen) atoms. The maximum Gasteiger partial charge on any atom is 0.294 e. The number of tetrazole rings is 1. The second-order valence-corrected chi connectivity index (χ2v) is 2.94. The van der Waals surface area contributed by atoms with Gasteiger partial charge in [0, 0.05) is 5.56 Å². The minimum absolute atomic E-state index is 0.165. The molecule has 0 amide bonds. The van der Waals surface area contributed by atoms with Gasteiger partial charge in [0.05, 0.1) is 0 Å². The van der Waals surface area contributed by atoms with E-state index in [9.17, 15) is 9.18 Å². The first-order chi connectivity index (χ1) is 7.81. The van der Waals surface area contributed by atoms with Gasteiger partial charge in [-0.2, -0.15) is 5.21 Å². The van der Waals surface area contributed by atoms with E-state index in [-0.39, 0.29) is 12.3 Å². The van der Waals surface area contributed by atoms with Gasteiger partial charge < -0.3 is 4.74 Å². The summed E-state index contributed by atoms with van der Waals surface area (Å²) in [5.41, 5.74) is 0.438. The van der Waals surface area contributed by atoms with Crippen LogP contribution >= 0.6 is 0 Å². The number of nitrogens with one attached hydrogen (secondary N) is 1. The molecule has 82 valence electrons. The van der Waals surface area contributed by atoms with E-state index in [0.717, 1.165) is 0 Å². The number of hydrogen-bond acceptors (Lipinski definition) is 5. The molecule has 1 N–H and O–H groups in total. The normalized spacial score (nSPS) is 12.1. The molecule has 6 nitrogen and oxygen atoms in total. The van der Waals surface area contributed by atoms with E-state index in [1.807, 2.05) is 0 Å². The summed E-state index contributed by atoms with van der Waals surface area (Å²) in [6.45, 7) is 0.256. The number of aromatic amines is 1. The van der Waals surface area contributed by atoms with Crippen LogP contribution in [-0.4, -0.2) is 27.1 Å². The number of rotatable bonds is 4. The van der Waals surface area contributed by atoms with Crippen LogP contribution in [0.25, 0.3) is 0 Å². The monoisotopic (exact) mass is 222 g/mol. The van der Waals surface area contributed by atoms with Crippen molar-refractivity contribution in [1.29, 1.82) is 0 Å². The van der Waals surface area contributed by atoms with Gasteiger partial charge in [-0.1, -0.05) is 17.3 Å². The third-order valence-corrected chi connectivity index (χ3v) is 1.94. The third kappa shape index (κ3) is 2.02. The summed E-state index contributed by atoms with van der Waals surface area (Å²) in [4.78, 5) is 10.4. The van der Waals surface area contributed by atoms with Crippen LogP contribution in [0.5, 0.6) is 0 Å². The van der Waals surface area contributed by atoms with Crippen molar-refractivity contribution in [2.24, 2.45) is 0 Å². The fraction of sp³-hybridized carbons (Fsp3) is 0.111. The van der Waals surface area contributed by atoms with Crippen LogP contribution in [0.15, 0.2) is 24.3 Å². The van der Waals surface area contributed by atoms with Gasteiger partial charge in [0.25, 0.3) is 6.47 Å². The summed E-state index contributed by atoms with van der Waals surface area (Å²) in [6.07, 6.45) is -0.855. The van der Waals surface area contributed by atoms with Crippen LogP contribution in [-0.2, 0) is 9.53 Å². The number of H-pyrrole nitrogens is 1. The fourth-order valence-electron chi connectivity index (χ4n) is 1.29. The van der Waals surface area contributed by atoms with E-state index >= 15 is 0 Å². The molecule has 2 aromatic rings. The summed E-state index contributed by atoms with van der Waals surface area (Å²) in [5.74, 6) is -0.266. The van der Waals surface area contributed by atoms with Crippen molar-refractivity contribution >= 4 is 6.47 Å². The Morgan fingerprint density at radius 2 is 2.38 bits per heavy atom. The van der Waals surface area contributed by atoms with Crippen LogP contribution in [0.1, 0.15) is 17.5 Å². The minimum atomic E-state index is -0.855. The Labute approximate surface area is 89.4 Å². The number of carbonyl (C=O) groups excluding carboxylic acids is 1. The number of ether oxygens (including phenoxy) is 1. The second kappa shape index (κ2) is 4.47. The summed E-state index contributed by atoms with van der Waals surface area (Å²) in [7, 11) is 0. The van der Waals surface area contributed by atoms with Gasteiger partial charge in [-0.3, -0.25) is 4.79 Å². The highest BCUT2D eigenvalue weighted by molar-refractivity contribution is 5.40. The van der Waals surface area contributed by atoms with Gasteiger partial charge >= 0.3 is 0 Å². The number of benzene rings is 1. The molecule has 1 aromatic heterocycles. The lowest BCUT2D eigenvalue weighted by Gasteiger charge is -2.10. The highest BCUT2D eigenvalue weighted by Gasteiger charge is 2.20. The standard InChI is InChI=1S/C9H7FN4O2/c10-7-3-1-2-6(4-7)8(16-5-15)9-11-13-14-12-9/h1-5,8H,(H,11,12,13,14). The maximum absolute atomic E-state index is 13.0. The summed E-state index contributed by atoms with van der Waals surface area (Å²) >= 11 is 0. The van der Waals surface area contributed by atoms with E-state index in [1.165, 1.54) is 18.2 Å². The predicted octanol–water partition coefficient (Wildman–Crippen LogP) is 0.601. The van der Waals surface area contributed by atoms with E-state index in [2.05, 4.69) is 20.6 Å². The Kier molecular flexibility index (Phi) is 2.86. The Morgan fingerprint density at radius 3 is 3.00 bits per heavy atom. The van der Waals surface area contributed by atoms with Crippen molar-refractivity contribution in [1.82, 2.24) is 20.6 Å². The first kappa shape index (κ1) is 10.2. The van der Waals surface area contributed by atoms with Crippen molar-refractivity contribution in [2.75, 3.05) is 0 Å². The number of carbonyl (C=O) groups is 1. The van der Waals surface area contributed by atoms with Crippen LogP contribution < -0.4 is 0 Å². The Morgan fingerprint density at radius 1 is 1.50 bits per heavy atom. The molecule has 0 aliphatic heterocycles. The van der Waals surface area contributed by atoms with E-state index in [0.29, 0.717) is 5.56 Å². The average molecular weight is 222 g/mol. The Hall–Kier alpha value is -2.31. The molecule has 1 heterocycles. The minimum Gasteiger partial charge on any atom is -0.451 e. The largest absolute Gasteiger partial charge is 0.451 e. The summed E-state index contributed by atoms with van der Waals surface area (Å²) in [6, 6.07) is 5.64. The zero-order valence-electron chi connectivity index (χ0n) is 8.00. The molecular formula is C9H7FN4O2.